The first kappa shape index (κ1) is 18.6. The molecule has 24 heavy (non-hydrogen) atoms. The van der Waals surface area contributed by atoms with Crippen LogP contribution in [-0.4, -0.2) is 29.5 Å². The molecule has 1 unspecified atom stereocenters. The first-order valence-corrected chi connectivity index (χ1v) is 8.39. The highest BCUT2D eigenvalue weighted by Gasteiger charge is 2.33. The lowest BCUT2D eigenvalue weighted by Gasteiger charge is -2.39. The Bertz CT molecular complexity index is 699. The van der Waals surface area contributed by atoms with Gasteiger partial charge in [-0.3, -0.25) is 9.78 Å². The number of hydrogen-bond acceptors (Lipinski definition) is 4. The molecule has 0 aliphatic rings. The van der Waals surface area contributed by atoms with Crippen LogP contribution in [0.3, 0.4) is 0 Å². The Balaban J connectivity index is 2.19. The molecule has 0 amide bonds. The largest absolute Gasteiger partial charge is 0.456 e. The highest BCUT2D eigenvalue weighted by Crippen LogP contribution is 2.33. The molecule has 0 radical (unpaired) electrons. The minimum Gasteiger partial charge on any atom is -0.456 e. The predicted octanol–water partition coefficient (Wildman–Crippen LogP) is 3.11. The van der Waals surface area contributed by atoms with Gasteiger partial charge in [-0.15, -0.1) is 9.24 Å². The van der Waals surface area contributed by atoms with Crippen molar-refractivity contribution < 1.29 is 14.2 Å². The van der Waals surface area contributed by atoms with E-state index in [1.54, 1.807) is 24.5 Å². The van der Waals surface area contributed by atoms with Gasteiger partial charge in [-0.1, -0.05) is 13.8 Å². The summed E-state index contributed by atoms with van der Waals surface area (Å²) in [4.78, 5) is 15.3. The third kappa shape index (κ3) is 4.65. The molecule has 1 heterocycles. The number of carbonyl (C=O) groups excluding carboxylic acids is 1. The molecule has 0 bridgehead atoms. The first-order valence-electron chi connectivity index (χ1n) is 7.82. The summed E-state index contributed by atoms with van der Waals surface area (Å²) < 4.78 is 11.9. The Kier molecular flexibility index (Phi) is 5.79. The molecule has 6 heteroatoms. The molecule has 0 N–H and O–H groups in total. The van der Waals surface area contributed by atoms with Crippen molar-refractivity contribution in [3.8, 4) is 11.5 Å². The zero-order valence-electron chi connectivity index (χ0n) is 14.6. The minimum absolute atomic E-state index is 0.0990. The van der Waals surface area contributed by atoms with Gasteiger partial charge < -0.3 is 9.39 Å². The van der Waals surface area contributed by atoms with E-state index in [2.05, 4.69) is 28.1 Å². The molecule has 0 fully saturated rings. The second-order valence-electron chi connectivity index (χ2n) is 6.79. The van der Waals surface area contributed by atoms with E-state index in [0.29, 0.717) is 24.5 Å². The minimum atomic E-state index is -0.363. The molecule has 0 saturated carbocycles. The van der Waals surface area contributed by atoms with Crippen molar-refractivity contribution in [2.45, 2.75) is 38.5 Å². The number of benzene rings is 1. The number of pyridine rings is 1. The van der Waals surface area contributed by atoms with E-state index >= 15 is 0 Å². The highest BCUT2D eigenvalue weighted by atomic mass is 31.0. The lowest BCUT2D eigenvalue weighted by atomic mass is 9.81. The van der Waals surface area contributed by atoms with Gasteiger partial charge in [0.2, 0.25) is 0 Å². The molecule has 2 aromatic rings. The third-order valence-corrected chi connectivity index (χ3v) is 4.95. The molecule has 0 aliphatic carbocycles. The molecular formula is C18H23BNO3P. The highest BCUT2D eigenvalue weighted by molar-refractivity contribution is 7.19. The summed E-state index contributed by atoms with van der Waals surface area (Å²) in [5, 5.41) is -0.0990. The molecule has 0 aliphatic heterocycles. The molecular weight excluding hydrogens is 320 g/mol. The Morgan fingerprint density at radius 2 is 1.92 bits per heavy atom. The Morgan fingerprint density at radius 1 is 1.17 bits per heavy atom. The van der Waals surface area contributed by atoms with Gasteiger partial charge in [-0.2, -0.15) is 0 Å². The van der Waals surface area contributed by atoms with E-state index in [0.717, 1.165) is 11.7 Å². The maximum atomic E-state index is 11.3. The molecule has 1 aromatic heterocycles. The van der Waals surface area contributed by atoms with Crippen molar-refractivity contribution in [2.24, 2.45) is 0 Å². The number of aromatic nitrogens is 1. The monoisotopic (exact) mass is 343 g/mol. The Hall–Kier alpha value is -1.71. The van der Waals surface area contributed by atoms with Crippen LogP contribution in [0.4, 0.5) is 0 Å². The van der Waals surface area contributed by atoms with Gasteiger partial charge >= 0.3 is 7.48 Å². The van der Waals surface area contributed by atoms with E-state index in [1.165, 1.54) is 0 Å². The van der Waals surface area contributed by atoms with Crippen LogP contribution in [0.15, 0.2) is 42.7 Å². The Labute approximate surface area is 146 Å². The van der Waals surface area contributed by atoms with E-state index in [9.17, 15) is 4.79 Å². The van der Waals surface area contributed by atoms with E-state index in [1.807, 2.05) is 32.0 Å². The fraction of sp³-hybridized carbons (Fsp3) is 0.333. The smallest absolute Gasteiger partial charge is 0.310 e. The topological polar surface area (TPSA) is 48.4 Å². The average molecular weight is 343 g/mol. The lowest BCUT2D eigenvalue weighted by molar-refractivity contribution is 0.0840. The summed E-state index contributed by atoms with van der Waals surface area (Å²) in [7, 11) is 3.14. The summed E-state index contributed by atoms with van der Waals surface area (Å²) in [5.74, 6) is 1.30. The molecule has 0 saturated heterocycles. The van der Waals surface area contributed by atoms with Crippen LogP contribution in [0, 0.1) is 0 Å². The maximum Gasteiger partial charge on any atom is 0.310 e. The number of ether oxygens (including phenoxy) is 1. The van der Waals surface area contributed by atoms with E-state index < -0.39 is 0 Å². The summed E-state index contributed by atoms with van der Waals surface area (Å²) in [6.07, 6.45) is 4.17. The molecule has 4 nitrogen and oxygen atoms in total. The van der Waals surface area contributed by atoms with Crippen molar-refractivity contribution in [1.82, 2.24) is 4.98 Å². The normalized spacial score (nSPS) is 11.9. The second-order valence-corrected chi connectivity index (χ2v) is 8.23. The van der Waals surface area contributed by atoms with Crippen LogP contribution in [0.1, 0.15) is 38.1 Å². The van der Waals surface area contributed by atoms with Crippen LogP contribution in [-0.2, 0) is 4.65 Å². The molecule has 0 spiro atoms. The average Bonchev–Trinajstić information content (AvgIpc) is 2.53. The fourth-order valence-electron chi connectivity index (χ4n) is 1.87. The zero-order valence-corrected chi connectivity index (χ0v) is 15.7. The summed E-state index contributed by atoms with van der Waals surface area (Å²) in [6.45, 7) is 8.27. The number of nitrogens with zero attached hydrogens (tertiary/aromatic N) is 1. The van der Waals surface area contributed by atoms with Gasteiger partial charge in [0, 0.05) is 16.9 Å². The molecule has 1 aromatic carbocycles. The maximum absolute atomic E-state index is 11.3. The van der Waals surface area contributed by atoms with Crippen LogP contribution >= 0.6 is 9.24 Å². The predicted molar refractivity (Wildman–Crippen MR) is 102 cm³/mol. The van der Waals surface area contributed by atoms with Crippen LogP contribution in [0.5, 0.6) is 11.5 Å². The molecule has 126 valence electrons. The van der Waals surface area contributed by atoms with Gasteiger partial charge in [0.15, 0.2) is 0 Å². The van der Waals surface area contributed by atoms with Crippen molar-refractivity contribution >= 4 is 28.5 Å². The van der Waals surface area contributed by atoms with Gasteiger partial charge in [0.25, 0.3) is 0 Å². The van der Waals surface area contributed by atoms with Crippen LogP contribution in [0.2, 0.25) is 0 Å². The first-order chi connectivity index (χ1) is 11.2. The lowest BCUT2D eigenvalue weighted by Crippen LogP contribution is -2.45. The van der Waals surface area contributed by atoms with E-state index in [-0.39, 0.29) is 10.8 Å². The molecule has 2 rings (SSSR count). The zero-order chi connectivity index (χ0) is 17.8. The summed E-state index contributed by atoms with van der Waals surface area (Å²) >= 11 is 0. The third-order valence-electron chi connectivity index (χ3n) is 4.25. The number of carbonyl (C=O) groups is 1. The van der Waals surface area contributed by atoms with Gasteiger partial charge in [-0.05, 0) is 49.6 Å². The van der Waals surface area contributed by atoms with Crippen LogP contribution < -0.4 is 10.2 Å². The van der Waals surface area contributed by atoms with Crippen molar-refractivity contribution in [3.05, 3.63) is 48.3 Å². The molecule has 1 atom stereocenters. The Morgan fingerprint density at radius 3 is 2.50 bits per heavy atom. The van der Waals surface area contributed by atoms with Crippen molar-refractivity contribution in [2.75, 3.05) is 0 Å². The number of hydrogen-bond donors (Lipinski definition) is 0. The van der Waals surface area contributed by atoms with Crippen molar-refractivity contribution in [3.63, 3.8) is 0 Å². The summed E-state index contributed by atoms with van der Waals surface area (Å²) in [5.41, 5.74) is 1.04. The SMILES string of the molecule is CC(C)(P)C(C)(C)OBc1cc(Oc2cccnc2)ccc1C=O. The number of rotatable bonds is 7. The quantitative estimate of drug-likeness (QED) is 0.440. The van der Waals surface area contributed by atoms with Crippen LogP contribution in [0.25, 0.3) is 0 Å². The van der Waals surface area contributed by atoms with E-state index in [4.69, 9.17) is 9.39 Å². The van der Waals surface area contributed by atoms with Gasteiger partial charge in [0.1, 0.15) is 17.8 Å². The van der Waals surface area contributed by atoms with Gasteiger partial charge in [0.05, 0.1) is 11.8 Å². The standard InChI is InChI=1S/C18H23BNO3P/c1-17(2,18(3,4)24)23-19-16-10-14(8-7-13(16)12-21)22-15-6-5-9-20-11-15/h5-12,19H,24H2,1-4H3. The number of aldehydes is 1. The summed E-state index contributed by atoms with van der Waals surface area (Å²) in [6, 6.07) is 8.99. The fourth-order valence-corrected chi connectivity index (χ4v) is 1.96. The van der Waals surface area contributed by atoms with Crippen molar-refractivity contribution in [1.29, 1.82) is 0 Å². The van der Waals surface area contributed by atoms with Gasteiger partial charge in [-0.25, -0.2) is 0 Å². The second kappa shape index (κ2) is 7.46.